The molecule has 3 rings (SSSR count). The van der Waals surface area contributed by atoms with E-state index in [1.54, 1.807) is 0 Å². The highest BCUT2D eigenvalue weighted by atomic mass is 14.9. The van der Waals surface area contributed by atoms with Gasteiger partial charge in [-0.15, -0.1) is 0 Å². The Labute approximate surface area is 125 Å². The Kier molecular flexibility index (Phi) is 3.72. The van der Waals surface area contributed by atoms with Crippen molar-refractivity contribution in [3.63, 3.8) is 0 Å². The van der Waals surface area contributed by atoms with Crippen molar-refractivity contribution in [3.8, 4) is 0 Å². The molecule has 2 heteroatoms. The first-order valence-electron chi connectivity index (χ1n) is 7.28. The summed E-state index contributed by atoms with van der Waals surface area (Å²) >= 11 is 0. The number of hydrogen-bond acceptors (Lipinski definition) is 2. The smallest absolute Gasteiger partial charge is 0.0705 e. The summed E-state index contributed by atoms with van der Waals surface area (Å²) in [4.78, 5) is 4.46. The van der Waals surface area contributed by atoms with Crippen LogP contribution >= 0.6 is 0 Å². The molecule has 0 spiro atoms. The molecule has 1 unspecified atom stereocenters. The van der Waals surface area contributed by atoms with Crippen LogP contribution in [-0.4, -0.2) is 12.0 Å². The molecule has 0 bridgehead atoms. The number of pyridine rings is 1. The third kappa shape index (κ3) is 2.67. The van der Waals surface area contributed by atoms with Gasteiger partial charge >= 0.3 is 0 Å². The summed E-state index contributed by atoms with van der Waals surface area (Å²) in [5.74, 6) is 0. The van der Waals surface area contributed by atoms with E-state index < -0.39 is 0 Å². The van der Waals surface area contributed by atoms with Gasteiger partial charge in [0.2, 0.25) is 0 Å². The number of benzene rings is 2. The summed E-state index contributed by atoms with van der Waals surface area (Å²) in [6.07, 6.45) is 1.85. The lowest BCUT2D eigenvalue weighted by Crippen LogP contribution is -2.18. The normalized spacial score (nSPS) is 12.5. The van der Waals surface area contributed by atoms with Crippen molar-refractivity contribution in [1.82, 2.24) is 10.3 Å². The Morgan fingerprint density at radius 2 is 1.86 bits per heavy atom. The number of aryl methyl sites for hydroxylation is 2. The zero-order valence-electron chi connectivity index (χ0n) is 12.7. The van der Waals surface area contributed by atoms with Crippen LogP contribution in [0.4, 0.5) is 0 Å². The molecule has 1 N–H and O–H groups in total. The summed E-state index contributed by atoms with van der Waals surface area (Å²) in [6, 6.07) is 17.4. The van der Waals surface area contributed by atoms with Crippen molar-refractivity contribution in [2.45, 2.75) is 19.9 Å². The molecule has 0 aliphatic heterocycles. The molecule has 0 saturated carbocycles. The van der Waals surface area contributed by atoms with Gasteiger partial charge in [0.1, 0.15) is 0 Å². The molecule has 2 nitrogen and oxygen atoms in total. The summed E-state index contributed by atoms with van der Waals surface area (Å²) in [6.45, 7) is 4.30. The molecular weight excluding hydrogens is 256 g/mol. The second kappa shape index (κ2) is 5.66. The van der Waals surface area contributed by atoms with E-state index in [0.717, 1.165) is 5.52 Å². The Hall–Kier alpha value is -2.19. The zero-order chi connectivity index (χ0) is 14.8. The third-order valence-electron chi connectivity index (χ3n) is 4.00. The number of nitrogens with one attached hydrogen (secondary N) is 1. The van der Waals surface area contributed by atoms with Gasteiger partial charge in [-0.2, -0.15) is 0 Å². The number of nitrogens with zero attached hydrogens (tertiary/aromatic N) is 1. The van der Waals surface area contributed by atoms with E-state index in [9.17, 15) is 0 Å². The average molecular weight is 276 g/mol. The standard InChI is InChI=1S/C19H20N2/c1-13-6-7-14(2)17(11-13)19(20-3)16-9-8-15-5-4-10-21-18(15)12-16/h4-12,19-20H,1-3H3. The minimum Gasteiger partial charge on any atom is -0.309 e. The van der Waals surface area contributed by atoms with Crippen LogP contribution in [-0.2, 0) is 0 Å². The predicted molar refractivity (Wildman–Crippen MR) is 88.6 cm³/mol. The maximum Gasteiger partial charge on any atom is 0.0705 e. The fourth-order valence-electron chi connectivity index (χ4n) is 2.84. The van der Waals surface area contributed by atoms with Gasteiger partial charge in [-0.05, 0) is 49.7 Å². The summed E-state index contributed by atoms with van der Waals surface area (Å²) in [7, 11) is 2.01. The number of aromatic nitrogens is 1. The van der Waals surface area contributed by atoms with Crippen LogP contribution in [0.15, 0.2) is 54.7 Å². The molecule has 3 aromatic rings. The van der Waals surface area contributed by atoms with E-state index in [0.29, 0.717) is 0 Å². The lowest BCUT2D eigenvalue weighted by Gasteiger charge is -2.20. The SMILES string of the molecule is CNC(c1ccc2cccnc2c1)c1cc(C)ccc1C. The van der Waals surface area contributed by atoms with Gasteiger partial charge in [-0.1, -0.05) is 42.0 Å². The van der Waals surface area contributed by atoms with E-state index in [2.05, 4.69) is 66.6 Å². The van der Waals surface area contributed by atoms with Crippen LogP contribution in [0.3, 0.4) is 0 Å². The summed E-state index contributed by atoms with van der Waals surface area (Å²) in [5.41, 5.74) is 6.21. The molecule has 1 aromatic heterocycles. The molecule has 21 heavy (non-hydrogen) atoms. The van der Waals surface area contributed by atoms with Gasteiger partial charge in [0, 0.05) is 11.6 Å². The van der Waals surface area contributed by atoms with Gasteiger partial charge in [0.25, 0.3) is 0 Å². The van der Waals surface area contributed by atoms with Crippen molar-refractivity contribution in [1.29, 1.82) is 0 Å². The van der Waals surface area contributed by atoms with E-state index in [1.165, 1.54) is 27.6 Å². The van der Waals surface area contributed by atoms with Crippen LogP contribution in [0.5, 0.6) is 0 Å². The fourth-order valence-corrected chi connectivity index (χ4v) is 2.84. The van der Waals surface area contributed by atoms with E-state index in [-0.39, 0.29) is 6.04 Å². The Bertz CT molecular complexity index is 777. The highest BCUT2D eigenvalue weighted by Crippen LogP contribution is 2.27. The van der Waals surface area contributed by atoms with Gasteiger partial charge in [0.05, 0.1) is 11.6 Å². The Morgan fingerprint density at radius 3 is 2.67 bits per heavy atom. The van der Waals surface area contributed by atoms with Gasteiger partial charge < -0.3 is 5.32 Å². The van der Waals surface area contributed by atoms with Crippen molar-refractivity contribution in [2.24, 2.45) is 0 Å². The summed E-state index contributed by atoms with van der Waals surface area (Å²) < 4.78 is 0. The molecule has 0 fully saturated rings. The minimum atomic E-state index is 0.191. The molecule has 1 atom stereocenters. The molecule has 0 saturated heterocycles. The quantitative estimate of drug-likeness (QED) is 0.777. The van der Waals surface area contributed by atoms with Crippen molar-refractivity contribution < 1.29 is 0 Å². The van der Waals surface area contributed by atoms with Crippen molar-refractivity contribution in [2.75, 3.05) is 7.05 Å². The van der Waals surface area contributed by atoms with E-state index >= 15 is 0 Å². The van der Waals surface area contributed by atoms with Gasteiger partial charge in [-0.25, -0.2) is 0 Å². The predicted octanol–water partition coefficient (Wildman–Crippen LogP) is 4.16. The topological polar surface area (TPSA) is 24.9 Å². The number of hydrogen-bond donors (Lipinski definition) is 1. The number of rotatable bonds is 3. The lowest BCUT2D eigenvalue weighted by atomic mass is 9.93. The molecule has 0 aliphatic rings. The molecule has 1 heterocycles. The van der Waals surface area contributed by atoms with Crippen LogP contribution in [0.25, 0.3) is 10.9 Å². The van der Waals surface area contributed by atoms with Crippen LogP contribution in [0.1, 0.15) is 28.3 Å². The first kappa shape index (κ1) is 13.8. The van der Waals surface area contributed by atoms with Gasteiger partial charge in [0.15, 0.2) is 0 Å². The molecule has 0 radical (unpaired) electrons. The Balaban J connectivity index is 2.11. The van der Waals surface area contributed by atoms with E-state index in [4.69, 9.17) is 0 Å². The minimum absolute atomic E-state index is 0.191. The molecular formula is C19H20N2. The molecule has 0 amide bonds. The first-order valence-corrected chi connectivity index (χ1v) is 7.28. The lowest BCUT2D eigenvalue weighted by molar-refractivity contribution is 0.687. The third-order valence-corrected chi connectivity index (χ3v) is 4.00. The van der Waals surface area contributed by atoms with E-state index in [1.807, 2.05) is 19.3 Å². The Morgan fingerprint density at radius 1 is 1.00 bits per heavy atom. The zero-order valence-corrected chi connectivity index (χ0v) is 12.7. The first-order chi connectivity index (χ1) is 10.2. The van der Waals surface area contributed by atoms with Crippen molar-refractivity contribution in [3.05, 3.63) is 77.0 Å². The fraction of sp³-hybridized carbons (Fsp3) is 0.211. The number of fused-ring (bicyclic) bond motifs is 1. The maximum absolute atomic E-state index is 4.46. The second-order valence-corrected chi connectivity index (χ2v) is 5.54. The second-order valence-electron chi connectivity index (χ2n) is 5.54. The highest BCUT2D eigenvalue weighted by molar-refractivity contribution is 5.79. The molecule has 106 valence electrons. The molecule has 0 aliphatic carbocycles. The van der Waals surface area contributed by atoms with Crippen LogP contribution in [0.2, 0.25) is 0 Å². The van der Waals surface area contributed by atoms with Gasteiger partial charge in [-0.3, -0.25) is 4.98 Å². The van der Waals surface area contributed by atoms with Crippen molar-refractivity contribution >= 4 is 10.9 Å². The van der Waals surface area contributed by atoms with Crippen LogP contribution < -0.4 is 5.32 Å². The largest absolute Gasteiger partial charge is 0.309 e. The average Bonchev–Trinajstić information content (AvgIpc) is 2.51. The van der Waals surface area contributed by atoms with Crippen LogP contribution in [0, 0.1) is 13.8 Å². The summed E-state index contributed by atoms with van der Waals surface area (Å²) in [5, 5.41) is 4.62. The maximum atomic E-state index is 4.46. The monoisotopic (exact) mass is 276 g/mol. The molecule has 2 aromatic carbocycles. The highest BCUT2D eigenvalue weighted by Gasteiger charge is 2.15.